The first kappa shape index (κ1) is 17.0. The quantitative estimate of drug-likeness (QED) is 0.804. The van der Waals surface area contributed by atoms with E-state index < -0.39 is 0 Å². The fourth-order valence-electron chi connectivity index (χ4n) is 3.38. The lowest BCUT2D eigenvalue weighted by molar-refractivity contribution is -0.0411. The van der Waals surface area contributed by atoms with E-state index in [1.54, 1.807) is 0 Å². The molecule has 0 spiro atoms. The zero-order valence-corrected chi connectivity index (χ0v) is 15.3. The molecule has 3 rings (SSSR count). The van der Waals surface area contributed by atoms with Crippen LogP contribution in [0.15, 0.2) is 0 Å². The lowest BCUT2D eigenvalue weighted by Gasteiger charge is -2.32. The topological polar surface area (TPSA) is 45.5 Å². The van der Waals surface area contributed by atoms with Gasteiger partial charge in [-0.15, -0.1) is 0 Å². The Balaban J connectivity index is 1.95. The number of ether oxygens (including phenoxy) is 1. The Kier molecular flexibility index (Phi) is 4.36. The first-order valence-corrected chi connectivity index (χ1v) is 8.82. The van der Waals surface area contributed by atoms with E-state index in [0.717, 1.165) is 37.0 Å². The van der Waals surface area contributed by atoms with Crippen molar-refractivity contribution in [1.82, 2.24) is 9.78 Å². The van der Waals surface area contributed by atoms with E-state index in [9.17, 15) is 0 Å². The monoisotopic (exact) mass is 320 g/mol. The molecule has 1 atom stereocenters. The van der Waals surface area contributed by atoms with E-state index >= 15 is 0 Å². The molecule has 0 aliphatic carbocycles. The molecule has 1 aromatic rings. The molecule has 0 saturated carbocycles. The molecule has 0 radical (unpaired) electrons. The molecule has 2 aliphatic heterocycles. The van der Waals surface area contributed by atoms with Crippen LogP contribution in [0.4, 0.5) is 0 Å². The van der Waals surface area contributed by atoms with Crippen molar-refractivity contribution in [2.45, 2.75) is 84.7 Å². The Morgan fingerprint density at radius 3 is 2.35 bits per heavy atom. The van der Waals surface area contributed by atoms with E-state index in [4.69, 9.17) is 19.1 Å². The van der Waals surface area contributed by atoms with E-state index in [-0.39, 0.29) is 24.5 Å². The predicted octanol–water partition coefficient (Wildman–Crippen LogP) is 2.75. The maximum Gasteiger partial charge on any atom is 0.498 e. The van der Waals surface area contributed by atoms with Gasteiger partial charge in [0.05, 0.1) is 16.9 Å². The van der Waals surface area contributed by atoms with E-state index in [0.29, 0.717) is 0 Å². The molecule has 3 heterocycles. The Labute approximate surface area is 139 Å². The lowest BCUT2D eigenvalue weighted by Crippen LogP contribution is -2.41. The fourth-order valence-corrected chi connectivity index (χ4v) is 3.38. The van der Waals surface area contributed by atoms with Crippen LogP contribution >= 0.6 is 0 Å². The van der Waals surface area contributed by atoms with Gasteiger partial charge in [-0.1, -0.05) is 6.92 Å². The Bertz CT molecular complexity index is 561. The third kappa shape index (κ3) is 2.85. The minimum atomic E-state index is -0.354. The van der Waals surface area contributed by atoms with Gasteiger partial charge < -0.3 is 14.0 Å². The van der Waals surface area contributed by atoms with Crippen molar-refractivity contribution in [2.24, 2.45) is 0 Å². The standard InChI is InChI=1S/C17H29BN2O3/c1-7-13-15(18-22-16(3,4)17(5,6)23-18)12(2)19-20(13)14-10-8-9-11-21-14/h14H,7-11H2,1-6H3. The Hall–Kier alpha value is -0.845. The summed E-state index contributed by atoms with van der Waals surface area (Å²) in [6.45, 7) is 13.4. The molecule has 1 aromatic heterocycles. The number of hydrogen-bond donors (Lipinski definition) is 0. The molecule has 23 heavy (non-hydrogen) atoms. The summed E-state index contributed by atoms with van der Waals surface area (Å²) >= 11 is 0. The number of hydrogen-bond acceptors (Lipinski definition) is 4. The van der Waals surface area contributed by atoms with Crippen LogP contribution in [0, 0.1) is 6.92 Å². The minimum Gasteiger partial charge on any atom is -0.399 e. The van der Waals surface area contributed by atoms with Gasteiger partial charge in [0.15, 0.2) is 0 Å². The molecule has 2 saturated heterocycles. The van der Waals surface area contributed by atoms with Crippen molar-refractivity contribution in [3.63, 3.8) is 0 Å². The summed E-state index contributed by atoms with van der Waals surface area (Å²) in [7, 11) is -0.354. The lowest BCUT2D eigenvalue weighted by atomic mass is 9.76. The highest BCUT2D eigenvalue weighted by atomic mass is 16.7. The third-order valence-corrected chi connectivity index (χ3v) is 5.49. The molecule has 6 heteroatoms. The van der Waals surface area contributed by atoms with Crippen LogP contribution < -0.4 is 5.46 Å². The second-order valence-electron chi connectivity index (χ2n) is 7.65. The van der Waals surface area contributed by atoms with Crippen LogP contribution in [0.5, 0.6) is 0 Å². The second kappa shape index (κ2) is 5.90. The van der Waals surface area contributed by atoms with Gasteiger partial charge in [-0.25, -0.2) is 4.68 Å². The molecule has 5 nitrogen and oxygen atoms in total. The fraction of sp³-hybridized carbons (Fsp3) is 0.824. The van der Waals surface area contributed by atoms with Crippen LogP contribution in [-0.4, -0.2) is 34.7 Å². The first-order chi connectivity index (χ1) is 10.8. The minimum absolute atomic E-state index is 0.0496. The zero-order chi connectivity index (χ0) is 16.8. The van der Waals surface area contributed by atoms with Crippen LogP contribution in [0.3, 0.4) is 0 Å². The van der Waals surface area contributed by atoms with Gasteiger partial charge in [-0.3, -0.25) is 0 Å². The smallest absolute Gasteiger partial charge is 0.399 e. The summed E-state index contributed by atoms with van der Waals surface area (Å²) in [5.74, 6) is 0. The van der Waals surface area contributed by atoms with Gasteiger partial charge in [0.2, 0.25) is 0 Å². The highest BCUT2D eigenvalue weighted by molar-refractivity contribution is 6.63. The van der Waals surface area contributed by atoms with Crippen molar-refractivity contribution in [2.75, 3.05) is 6.61 Å². The summed E-state index contributed by atoms with van der Waals surface area (Å²) in [5, 5.41) is 4.78. The predicted molar refractivity (Wildman–Crippen MR) is 90.9 cm³/mol. The molecule has 0 bridgehead atoms. The summed E-state index contributed by atoms with van der Waals surface area (Å²) in [4.78, 5) is 0. The Morgan fingerprint density at radius 2 is 1.83 bits per heavy atom. The number of rotatable bonds is 3. The van der Waals surface area contributed by atoms with Gasteiger partial charge in [0, 0.05) is 17.8 Å². The zero-order valence-electron chi connectivity index (χ0n) is 15.3. The van der Waals surface area contributed by atoms with Crippen LogP contribution in [0.1, 0.15) is 71.5 Å². The van der Waals surface area contributed by atoms with Crippen molar-refractivity contribution < 1.29 is 14.0 Å². The molecular weight excluding hydrogens is 291 g/mol. The molecule has 2 aliphatic rings. The van der Waals surface area contributed by atoms with Crippen molar-refractivity contribution in [3.05, 3.63) is 11.4 Å². The summed E-state index contributed by atoms with van der Waals surface area (Å²) in [5.41, 5.74) is 2.57. The molecule has 128 valence electrons. The van der Waals surface area contributed by atoms with E-state index in [1.807, 2.05) is 6.92 Å². The van der Waals surface area contributed by atoms with E-state index in [1.165, 1.54) is 12.1 Å². The highest BCUT2D eigenvalue weighted by Crippen LogP contribution is 2.37. The normalized spacial score (nSPS) is 26.7. The maximum atomic E-state index is 6.26. The molecule has 2 fully saturated rings. The van der Waals surface area contributed by atoms with Crippen LogP contribution in [0.2, 0.25) is 0 Å². The van der Waals surface area contributed by atoms with Crippen molar-refractivity contribution in [3.8, 4) is 0 Å². The second-order valence-corrected chi connectivity index (χ2v) is 7.65. The largest absolute Gasteiger partial charge is 0.498 e. The van der Waals surface area contributed by atoms with Gasteiger partial charge in [-0.2, -0.15) is 5.10 Å². The third-order valence-electron chi connectivity index (χ3n) is 5.49. The molecular formula is C17H29BN2O3. The average molecular weight is 320 g/mol. The Morgan fingerprint density at radius 1 is 1.17 bits per heavy atom. The van der Waals surface area contributed by atoms with Gasteiger partial charge in [-0.05, 0) is 60.3 Å². The maximum absolute atomic E-state index is 6.26. The average Bonchev–Trinajstić information content (AvgIpc) is 2.93. The molecule has 0 aromatic carbocycles. The SMILES string of the molecule is CCc1c(B2OC(C)(C)C(C)(C)O2)c(C)nn1C1CCCCO1. The summed E-state index contributed by atoms with van der Waals surface area (Å²) in [6.07, 6.45) is 4.30. The summed E-state index contributed by atoms with van der Waals surface area (Å²) < 4.78 is 20.5. The molecule has 0 N–H and O–H groups in total. The van der Waals surface area contributed by atoms with Crippen molar-refractivity contribution in [1.29, 1.82) is 0 Å². The van der Waals surface area contributed by atoms with Gasteiger partial charge in [0.1, 0.15) is 6.23 Å². The number of aromatic nitrogens is 2. The van der Waals surface area contributed by atoms with Crippen LogP contribution in [0.25, 0.3) is 0 Å². The summed E-state index contributed by atoms with van der Waals surface area (Å²) in [6, 6.07) is 0. The van der Waals surface area contributed by atoms with Crippen molar-refractivity contribution >= 4 is 12.6 Å². The van der Waals surface area contributed by atoms with Gasteiger partial charge >= 0.3 is 7.12 Å². The molecule has 0 amide bonds. The first-order valence-electron chi connectivity index (χ1n) is 8.82. The number of nitrogens with zero attached hydrogens (tertiary/aromatic N) is 2. The molecule has 1 unspecified atom stereocenters. The highest BCUT2D eigenvalue weighted by Gasteiger charge is 2.53. The van der Waals surface area contributed by atoms with E-state index in [2.05, 4.69) is 39.3 Å². The van der Waals surface area contributed by atoms with Gasteiger partial charge in [0.25, 0.3) is 0 Å². The number of aryl methyl sites for hydroxylation is 1. The van der Waals surface area contributed by atoms with Crippen LogP contribution in [-0.2, 0) is 20.5 Å².